The standard InChI is InChI=1S/C14H12BrN5O/c1-20-14-11(12(15)19-20)13(16-7-17-14)18-10-3-2-8-5-21-6-9(8)4-10/h2-4,7H,5-6H2,1H3,(H,16,17,18). The Bertz CT molecular complexity index is 845. The van der Waals surface area contributed by atoms with Gasteiger partial charge in [-0.1, -0.05) is 6.07 Å². The minimum Gasteiger partial charge on any atom is -0.372 e. The van der Waals surface area contributed by atoms with E-state index in [4.69, 9.17) is 4.74 Å². The highest BCUT2D eigenvalue weighted by Crippen LogP contribution is 2.30. The van der Waals surface area contributed by atoms with Crippen molar-refractivity contribution < 1.29 is 4.74 Å². The van der Waals surface area contributed by atoms with Gasteiger partial charge in [-0.2, -0.15) is 5.10 Å². The number of ether oxygens (including phenoxy) is 1. The maximum absolute atomic E-state index is 5.44. The van der Waals surface area contributed by atoms with E-state index in [1.54, 1.807) is 4.68 Å². The second kappa shape index (κ2) is 4.78. The Labute approximate surface area is 129 Å². The second-order valence-electron chi connectivity index (χ2n) is 4.94. The summed E-state index contributed by atoms with van der Waals surface area (Å²) in [5, 5.41) is 8.53. The van der Waals surface area contributed by atoms with Crippen LogP contribution in [0.1, 0.15) is 11.1 Å². The molecule has 0 amide bonds. The molecule has 4 rings (SSSR count). The van der Waals surface area contributed by atoms with Crippen molar-refractivity contribution in [2.24, 2.45) is 7.05 Å². The minimum atomic E-state index is 0.667. The van der Waals surface area contributed by atoms with E-state index in [0.717, 1.165) is 27.1 Å². The van der Waals surface area contributed by atoms with Gasteiger partial charge in [0.25, 0.3) is 0 Å². The van der Waals surface area contributed by atoms with Gasteiger partial charge in [-0.05, 0) is 39.2 Å². The fraction of sp³-hybridized carbons (Fsp3) is 0.214. The topological polar surface area (TPSA) is 64.9 Å². The summed E-state index contributed by atoms with van der Waals surface area (Å²) in [6, 6.07) is 6.22. The van der Waals surface area contributed by atoms with Gasteiger partial charge in [-0.3, -0.25) is 0 Å². The van der Waals surface area contributed by atoms with Gasteiger partial charge in [0.2, 0.25) is 0 Å². The number of nitrogens with one attached hydrogen (secondary N) is 1. The first-order valence-electron chi connectivity index (χ1n) is 6.52. The summed E-state index contributed by atoms with van der Waals surface area (Å²) in [5.41, 5.74) is 4.23. The molecule has 0 unspecified atom stereocenters. The van der Waals surface area contributed by atoms with E-state index in [0.29, 0.717) is 13.2 Å². The van der Waals surface area contributed by atoms with E-state index in [1.807, 2.05) is 13.1 Å². The lowest BCUT2D eigenvalue weighted by atomic mass is 10.1. The molecular formula is C14H12BrN5O. The van der Waals surface area contributed by atoms with Gasteiger partial charge in [-0.25, -0.2) is 14.6 Å². The molecule has 0 fully saturated rings. The summed E-state index contributed by atoms with van der Waals surface area (Å²) in [6.07, 6.45) is 1.54. The predicted molar refractivity (Wildman–Crippen MR) is 82.2 cm³/mol. The van der Waals surface area contributed by atoms with Crippen LogP contribution in [0.4, 0.5) is 11.5 Å². The van der Waals surface area contributed by atoms with Crippen molar-refractivity contribution in [3.05, 3.63) is 40.3 Å². The quantitative estimate of drug-likeness (QED) is 0.773. The molecule has 0 spiro atoms. The zero-order valence-corrected chi connectivity index (χ0v) is 12.9. The highest BCUT2D eigenvalue weighted by atomic mass is 79.9. The molecule has 1 N–H and O–H groups in total. The number of rotatable bonds is 2. The lowest BCUT2D eigenvalue weighted by Gasteiger charge is -2.08. The lowest BCUT2D eigenvalue weighted by Crippen LogP contribution is -1.98. The van der Waals surface area contributed by atoms with Gasteiger partial charge >= 0.3 is 0 Å². The van der Waals surface area contributed by atoms with E-state index in [9.17, 15) is 0 Å². The molecular weight excluding hydrogens is 334 g/mol. The molecule has 1 aromatic carbocycles. The zero-order valence-electron chi connectivity index (χ0n) is 11.3. The highest BCUT2D eigenvalue weighted by Gasteiger charge is 2.15. The number of benzene rings is 1. The van der Waals surface area contributed by atoms with E-state index in [-0.39, 0.29) is 0 Å². The van der Waals surface area contributed by atoms with Crippen LogP contribution in [0.2, 0.25) is 0 Å². The van der Waals surface area contributed by atoms with Crippen LogP contribution in [0.5, 0.6) is 0 Å². The molecule has 6 nitrogen and oxygen atoms in total. The van der Waals surface area contributed by atoms with Crippen LogP contribution >= 0.6 is 15.9 Å². The normalized spacial score (nSPS) is 13.6. The first-order chi connectivity index (χ1) is 10.2. The van der Waals surface area contributed by atoms with E-state index in [2.05, 4.69) is 48.4 Å². The SMILES string of the molecule is Cn1nc(Br)c2c(Nc3ccc4c(c3)COC4)ncnc21. The molecule has 0 radical (unpaired) electrons. The van der Waals surface area contributed by atoms with Crippen molar-refractivity contribution in [3.63, 3.8) is 0 Å². The summed E-state index contributed by atoms with van der Waals surface area (Å²) in [6.45, 7) is 1.36. The number of aromatic nitrogens is 4. The molecule has 3 aromatic rings. The summed E-state index contributed by atoms with van der Waals surface area (Å²) < 4.78 is 7.89. The van der Waals surface area contributed by atoms with Crippen molar-refractivity contribution in [3.8, 4) is 0 Å². The molecule has 0 saturated carbocycles. The zero-order chi connectivity index (χ0) is 14.4. The number of hydrogen-bond acceptors (Lipinski definition) is 5. The lowest BCUT2D eigenvalue weighted by molar-refractivity contribution is 0.134. The first kappa shape index (κ1) is 12.7. The summed E-state index contributed by atoms with van der Waals surface area (Å²) >= 11 is 3.46. The maximum Gasteiger partial charge on any atom is 0.164 e. The molecule has 3 heterocycles. The third kappa shape index (κ3) is 2.09. The van der Waals surface area contributed by atoms with Crippen LogP contribution in [0.3, 0.4) is 0 Å². The fourth-order valence-electron chi connectivity index (χ4n) is 2.52. The molecule has 7 heteroatoms. The minimum absolute atomic E-state index is 0.667. The van der Waals surface area contributed by atoms with Crippen LogP contribution in [0.15, 0.2) is 29.1 Å². The molecule has 2 aromatic heterocycles. The molecule has 0 bridgehead atoms. The predicted octanol–water partition coefficient (Wildman–Crippen LogP) is 2.90. The monoisotopic (exact) mass is 345 g/mol. The Hall–Kier alpha value is -1.99. The largest absolute Gasteiger partial charge is 0.372 e. The summed E-state index contributed by atoms with van der Waals surface area (Å²) in [5.74, 6) is 0.735. The Kier molecular flexibility index (Phi) is 2.90. The third-order valence-electron chi connectivity index (χ3n) is 3.56. The smallest absolute Gasteiger partial charge is 0.164 e. The number of halogens is 1. The summed E-state index contributed by atoms with van der Waals surface area (Å²) in [4.78, 5) is 8.59. The first-order valence-corrected chi connectivity index (χ1v) is 7.31. The van der Waals surface area contributed by atoms with E-state index >= 15 is 0 Å². The Balaban J connectivity index is 1.78. The number of anilines is 2. The number of hydrogen-bond donors (Lipinski definition) is 1. The van der Waals surface area contributed by atoms with E-state index < -0.39 is 0 Å². The molecule has 0 saturated heterocycles. The van der Waals surface area contributed by atoms with Crippen molar-refractivity contribution in [2.45, 2.75) is 13.2 Å². The molecule has 1 aliphatic heterocycles. The number of fused-ring (bicyclic) bond motifs is 2. The molecule has 106 valence electrons. The molecule has 0 aliphatic carbocycles. The summed E-state index contributed by atoms with van der Waals surface area (Å²) in [7, 11) is 1.86. The Morgan fingerprint density at radius 1 is 1.24 bits per heavy atom. The van der Waals surface area contributed by atoms with Crippen molar-refractivity contribution in [1.82, 2.24) is 19.7 Å². The van der Waals surface area contributed by atoms with Gasteiger partial charge < -0.3 is 10.1 Å². The van der Waals surface area contributed by atoms with E-state index in [1.165, 1.54) is 17.5 Å². The van der Waals surface area contributed by atoms with Crippen LogP contribution in [0.25, 0.3) is 11.0 Å². The fourth-order valence-corrected chi connectivity index (χ4v) is 3.12. The third-order valence-corrected chi connectivity index (χ3v) is 4.12. The highest BCUT2D eigenvalue weighted by molar-refractivity contribution is 9.10. The molecule has 1 aliphatic rings. The van der Waals surface area contributed by atoms with Gasteiger partial charge in [0, 0.05) is 12.7 Å². The molecule has 0 atom stereocenters. The maximum atomic E-state index is 5.44. The van der Waals surface area contributed by atoms with Crippen molar-refractivity contribution in [2.75, 3.05) is 5.32 Å². The van der Waals surface area contributed by atoms with Crippen molar-refractivity contribution in [1.29, 1.82) is 0 Å². The van der Waals surface area contributed by atoms with Crippen LogP contribution in [0, 0.1) is 0 Å². The Morgan fingerprint density at radius 2 is 2.10 bits per heavy atom. The van der Waals surface area contributed by atoms with Crippen LogP contribution in [-0.2, 0) is 25.0 Å². The average Bonchev–Trinajstić information content (AvgIpc) is 3.04. The van der Waals surface area contributed by atoms with Crippen LogP contribution < -0.4 is 5.32 Å². The van der Waals surface area contributed by atoms with Gasteiger partial charge in [0.1, 0.15) is 16.7 Å². The van der Waals surface area contributed by atoms with Gasteiger partial charge in [0.15, 0.2) is 5.65 Å². The average molecular weight is 346 g/mol. The molecule has 21 heavy (non-hydrogen) atoms. The number of nitrogens with zero attached hydrogens (tertiary/aromatic N) is 4. The van der Waals surface area contributed by atoms with Gasteiger partial charge in [0.05, 0.1) is 18.6 Å². The number of aryl methyl sites for hydroxylation is 1. The Morgan fingerprint density at radius 3 is 3.00 bits per heavy atom. The van der Waals surface area contributed by atoms with Crippen molar-refractivity contribution >= 4 is 38.5 Å². The van der Waals surface area contributed by atoms with Crippen LogP contribution in [-0.4, -0.2) is 19.7 Å². The van der Waals surface area contributed by atoms with Gasteiger partial charge in [-0.15, -0.1) is 0 Å². The second-order valence-corrected chi connectivity index (χ2v) is 5.69.